The van der Waals surface area contributed by atoms with Gasteiger partial charge in [-0.15, -0.1) is 0 Å². The van der Waals surface area contributed by atoms with E-state index in [0.717, 1.165) is 15.8 Å². The van der Waals surface area contributed by atoms with Crippen LogP contribution in [0.3, 0.4) is 0 Å². The fourth-order valence-corrected chi connectivity index (χ4v) is 3.42. The maximum Gasteiger partial charge on any atom is 0.288 e. The molecule has 0 saturated heterocycles. The molecule has 0 radical (unpaired) electrons. The summed E-state index contributed by atoms with van der Waals surface area (Å²) in [4.78, 5) is 12.9. The number of amides is 1. The van der Waals surface area contributed by atoms with Gasteiger partial charge in [0.05, 0.1) is 12.6 Å². The van der Waals surface area contributed by atoms with Crippen LogP contribution in [-0.4, -0.2) is 18.3 Å². The summed E-state index contributed by atoms with van der Waals surface area (Å²) in [6, 6.07) is 11.7. The Morgan fingerprint density at radius 3 is 2.71 bits per heavy atom. The zero-order chi connectivity index (χ0) is 17.1. The molecule has 0 aromatic heterocycles. The molecule has 1 heterocycles. The summed E-state index contributed by atoms with van der Waals surface area (Å²) in [5.41, 5.74) is 1.37. The highest BCUT2D eigenvalue weighted by molar-refractivity contribution is 9.10. The molecule has 1 atom stereocenters. The maximum atomic E-state index is 12.4. The van der Waals surface area contributed by atoms with Gasteiger partial charge in [-0.25, -0.2) is 0 Å². The van der Waals surface area contributed by atoms with Crippen molar-refractivity contribution in [2.45, 2.75) is 23.1 Å². The first-order chi connectivity index (χ1) is 11.5. The van der Waals surface area contributed by atoms with E-state index in [4.69, 9.17) is 4.74 Å². The van der Waals surface area contributed by atoms with E-state index in [1.165, 1.54) is 12.1 Å². The lowest BCUT2D eigenvalue weighted by Gasteiger charge is -2.27. The summed E-state index contributed by atoms with van der Waals surface area (Å²) >= 11 is 3.88. The average molecular weight is 414 g/mol. The Hall–Kier alpha value is -1.60. The molecular formula is C17H14BrF2NO2S. The first-order valence-corrected chi connectivity index (χ1v) is 8.98. The normalized spacial score (nSPS) is 16.4. The van der Waals surface area contributed by atoms with Crippen LogP contribution >= 0.6 is 27.7 Å². The first kappa shape index (κ1) is 17.2. The molecule has 1 amide bonds. The van der Waals surface area contributed by atoms with Crippen LogP contribution in [0.5, 0.6) is 5.75 Å². The largest absolute Gasteiger partial charge is 0.493 e. The Morgan fingerprint density at radius 2 is 2.00 bits per heavy atom. The molecule has 24 heavy (non-hydrogen) atoms. The van der Waals surface area contributed by atoms with Crippen LogP contribution in [0.1, 0.15) is 28.4 Å². The van der Waals surface area contributed by atoms with E-state index in [2.05, 4.69) is 21.2 Å². The Morgan fingerprint density at radius 1 is 1.25 bits per heavy atom. The molecule has 1 unspecified atom stereocenters. The standard InChI is InChI=1S/C17H14BrF2NO2S/c18-11-3-6-15-13(9-11)14(7-8-23-15)21-16(22)10-1-4-12(5-2-10)24-17(19)20/h1-6,9,14,17H,7-8H2,(H,21,22). The van der Waals surface area contributed by atoms with E-state index in [1.807, 2.05) is 18.2 Å². The summed E-state index contributed by atoms with van der Waals surface area (Å²) in [6.45, 7) is 0.531. The van der Waals surface area contributed by atoms with Crippen molar-refractivity contribution >= 4 is 33.6 Å². The van der Waals surface area contributed by atoms with Crippen molar-refractivity contribution in [1.29, 1.82) is 0 Å². The van der Waals surface area contributed by atoms with Gasteiger partial charge < -0.3 is 10.1 Å². The number of benzene rings is 2. The predicted octanol–water partition coefficient (Wildman–Crippen LogP) is 5.02. The Labute approximate surface area is 150 Å². The molecule has 2 aromatic rings. The molecular weight excluding hydrogens is 400 g/mol. The lowest BCUT2D eigenvalue weighted by Crippen LogP contribution is -2.32. The van der Waals surface area contributed by atoms with Crippen LogP contribution in [0, 0.1) is 0 Å². The highest BCUT2D eigenvalue weighted by Crippen LogP contribution is 2.34. The molecule has 7 heteroatoms. The number of carbonyl (C=O) groups is 1. The summed E-state index contributed by atoms with van der Waals surface area (Å²) in [6.07, 6.45) is 0.675. The number of fused-ring (bicyclic) bond motifs is 1. The Kier molecular flexibility index (Phi) is 5.40. The van der Waals surface area contributed by atoms with Gasteiger partial charge in [0.25, 0.3) is 11.7 Å². The van der Waals surface area contributed by atoms with Crippen LogP contribution in [0.15, 0.2) is 51.8 Å². The third-order valence-electron chi connectivity index (χ3n) is 3.66. The zero-order valence-electron chi connectivity index (χ0n) is 12.5. The van der Waals surface area contributed by atoms with E-state index in [1.54, 1.807) is 12.1 Å². The van der Waals surface area contributed by atoms with Crippen molar-refractivity contribution in [3.63, 3.8) is 0 Å². The van der Waals surface area contributed by atoms with Gasteiger partial charge in [0, 0.05) is 26.9 Å². The minimum absolute atomic E-state index is 0.145. The second-order valence-electron chi connectivity index (χ2n) is 5.25. The lowest BCUT2D eigenvalue weighted by atomic mass is 10.00. The Balaban J connectivity index is 1.73. The number of alkyl halides is 2. The van der Waals surface area contributed by atoms with Crippen LogP contribution in [-0.2, 0) is 0 Å². The van der Waals surface area contributed by atoms with E-state index < -0.39 is 5.76 Å². The van der Waals surface area contributed by atoms with Crippen molar-refractivity contribution in [3.05, 3.63) is 58.1 Å². The van der Waals surface area contributed by atoms with Gasteiger partial charge in [-0.2, -0.15) is 8.78 Å². The SMILES string of the molecule is O=C(NC1CCOc2ccc(Br)cc21)c1ccc(SC(F)F)cc1. The first-order valence-electron chi connectivity index (χ1n) is 7.31. The van der Waals surface area contributed by atoms with Gasteiger partial charge in [0.2, 0.25) is 0 Å². The van der Waals surface area contributed by atoms with Crippen LogP contribution in [0.2, 0.25) is 0 Å². The molecule has 126 valence electrons. The number of rotatable bonds is 4. The summed E-state index contributed by atoms with van der Waals surface area (Å²) in [5, 5.41) is 2.98. The molecule has 0 fully saturated rings. The molecule has 3 nitrogen and oxygen atoms in total. The van der Waals surface area contributed by atoms with Gasteiger partial charge >= 0.3 is 0 Å². The fourth-order valence-electron chi connectivity index (χ4n) is 2.54. The lowest BCUT2D eigenvalue weighted by molar-refractivity contribution is 0.0924. The molecule has 0 bridgehead atoms. The van der Waals surface area contributed by atoms with Crippen molar-refractivity contribution in [1.82, 2.24) is 5.32 Å². The highest BCUT2D eigenvalue weighted by Gasteiger charge is 2.23. The maximum absolute atomic E-state index is 12.4. The number of nitrogens with one attached hydrogen (secondary N) is 1. The van der Waals surface area contributed by atoms with Crippen molar-refractivity contribution in [2.24, 2.45) is 0 Å². The minimum Gasteiger partial charge on any atom is -0.493 e. The highest BCUT2D eigenvalue weighted by atomic mass is 79.9. The molecule has 1 aliphatic heterocycles. The molecule has 3 rings (SSSR count). The third-order valence-corrected chi connectivity index (χ3v) is 4.87. The molecule has 0 spiro atoms. The quantitative estimate of drug-likeness (QED) is 0.715. The number of thioether (sulfide) groups is 1. The fraction of sp³-hybridized carbons (Fsp3) is 0.235. The molecule has 2 aromatic carbocycles. The summed E-state index contributed by atoms with van der Waals surface area (Å²) < 4.78 is 31.2. The molecule has 1 aliphatic rings. The number of carbonyl (C=O) groups excluding carboxylic acids is 1. The second-order valence-corrected chi connectivity index (χ2v) is 7.23. The molecule has 1 N–H and O–H groups in total. The summed E-state index contributed by atoms with van der Waals surface area (Å²) in [5.74, 6) is -1.94. The number of hydrogen-bond acceptors (Lipinski definition) is 3. The monoisotopic (exact) mass is 413 g/mol. The minimum atomic E-state index is -2.47. The number of ether oxygens (including phenoxy) is 1. The smallest absolute Gasteiger partial charge is 0.288 e. The van der Waals surface area contributed by atoms with Gasteiger partial charge in [0.15, 0.2) is 0 Å². The second kappa shape index (κ2) is 7.53. The van der Waals surface area contributed by atoms with Gasteiger partial charge in [-0.05, 0) is 42.5 Å². The molecule has 0 saturated carbocycles. The number of hydrogen-bond donors (Lipinski definition) is 1. The predicted molar refractivity (Wildman–Crippen MR) is 92.8 cm³/mol. The van der Waals surface area contributed by atoms with E-state index >= 15 is 0 Å². The zero-order valence-corrected chi connectivity index (χ0v) is 14.9. The van der Waals surface area contributed by atoms with Crippen LogP contribution in [0.4, 0.5) is 8.78 Å². The summed E-state index contributed by atoms with van der Waals surface area (Å²) in [7, 11) is 0. The van der Waals surface area contributed by atoms with Crippen LogP contribution < -0.4 is 10.1 Å². The topological polar surface area (TPSA) is 38.3 Å². The van der Waals surface area contributed by atoms with E-state index in [0.29, 0.717) is 35.2 Å². The van der Waals surface area contributed by atoms with Gasteiger partial charge in [0.1, 0.15) is 5.75 Å². The van der Waals surface area contributed by atoms with Gasteiger partial charge in [-0.3, -0.25) is 4.79 Å². The number of halogens is 3. The Bertz CT molecular complexity index is 740. The van der Waals surface area contributed by atoms with Gasteiger partial charge in [-0.1, -0.05) is 27.7 Å². The van der Waals surface area contributed by atoms with Crippen molar-refractivity contribution in [2.75, 3.05) is 6.61 Å². The van der Waals surface area contributed by atoms with E-state index in [9.17, 15) is 13.6 Å². The van der Waals surface area contributed by atoms with Crippen LogP contribution in [0.25, 0.3) is 0 Å². The van der Waals surface area contributed by atoms with E-state index in [-0.39, 0.29) is 11.9 Å². The van der Waals surface area contributed by atoms with Crippen molar-refractivity contribution in [3.8, 4) is 5.75 Å². The average Bonchev–Trinajstić information content (AvgIpc) is 2.55. The third kappa shape index (κ3) is 4.08. The molecule has 0 aliphatic carbocycles. The van der Waals surface area contributed by atoms with Crippen molar-refractivity contribution < 1.29 is 18.3 Å².